The van der Waals surface area contributed by atoms with Gasteiger partial charge >= 0.3 is 0 Å². The van der Waals surface area contributed by atoms with E-state index in [1.807, 2.05) is 31.2 Å². The lowest BCUT2D eigenvalue weighted by molar-refractivity contribution is 0.540. The number of benzene rings is 2. The second kappa shape index (κ2) is 6.43. The smallest absolute Gasteiger partial charge is 0.131 e. The van der Waals surface area contributed by atoms with Crippen LogP contribution in [0.4, 0.5) is 8.78 Å². The highest BCUT2D eigenvalue weighted by atomic mass is 127. The second-order valence-corrected chi connectivity index (χ2v) is 5.34. The maximum absolute atomic E-state index is 14.0. The fraction of sp³-hybridized carbons (Fsp3) is 0.200. The van der Waals surface area contributed by atoms with Crippen LogP contribution in [0, 0.1) is 15.2 Å². The number of hydrogen-bond acceptors (Lipinski definition) is 1. The summed E-state index contributed by atoms with van der Waals surface area (Å²) in [6.07, 6.45) is 0. The molecule has 2 rings (SSSR count). The predicted octanol–water partition coefficient (Wildman–Crippen LogP) is 4.27. The van der Waals surface area contributed by atoms with Gasteiger partial charge in [-0.15, -0.1) is 0 Å². The third-order valence-corrected chi connectivity index (χ3v) is 3.88. The first-order chi connectivity index (χ1) is 9.13. The van der Waals surface area contributed by atoms with Gasteiger partial charge in [-0.3, -0.25) is 0 Å². The highest BCUT2D eigenvalue weighted by Crippen LogP contribution is 2.28. The van der Waals surface area contributed by atoms with Gasteiger partial charge in [0, 0.05) is 15.2 Å². The molecule has 2 aromatic rings. The minimum Gasteiger partial charge on any atom is -0.306 e. The number of halogens is 3. The van der Waals surface area contributed by atoms with Crippen molar-refractivity contribution in [1.82, 2.24) is 5.32 Å². The Labute approximate surface area is 125 Å². The Bertz CT molecular complexity index is 572. The molecule has 1 nitrogen and oxygen atoms in total. The van der Waals surface area contributed by atoms with E-state index in [1.54, 1.807) is 0 Å². The van der Waals surface area contributed by atoms with E-state index in [4.69, 9.17) is 0 Å². The van der Waals surface area contributed by atoms with E-state index in [1.165, 1.54) is 12.1 Å². The molecule has 0 bridgehead atoms. The van der Waals surface area contributed by atoms with Crippen LogP contribution in [-0.4, -0.2) is 6.54 Å². The normalized spacial score (nSPS) is 12.4. The molecule has 0 radical (unpaired) electrons. The van der Waals surface area contributed by atoms with Crippen molar-refractivity contribution in [2.24, 2.45) is 0 Å². The Morgan fingerprint density at radius 1 is 1.11 bits per heavy atom. The zero-order chi connectivity index (χ0) is 13.8. The van der Waals surface area contributed by atoms with Gasteiger partial charge in [0.1, 0.15) is 11.6 Å². The van der Waals surface area contributed by atoms with Crippen LogP contribution >= 0.6 is 22.6 Å². The first-order valence-corrected chi connectivity index (χ1v) is 7.14. The largest absolute Gasteiger partial charge is 0.306 e. The fourth-order valence-corrected chi connectivity index (χ4v) is 2.74. The predicted molar refractivity (Wildman–Crippen MR) is 81.0 cm³/mol. The standard InChI is InChI=1S/C15H14F2IN/c1-2-19-15(12-5-3-4-6-14(12)18)11-8-7-10(16)9-13(11)17/h3-9,15,19H,2H2,1H3. The van der Waals surface area contributed by atoms with Gasteiger partial charge in [0.15, 0.2) is 0 Å². The zero-order valence-electron chi connectivity index (χ0n) is 10.5. The van der Waals surface area contributed by atoms with Crippen molar-refractivity contribution in [3.8, 4) is 0 Å². The molecule has 0 aromatic heterocycles. The van der Waals surface area contributed by atoms with Gasteiger partial charge in [-0.25, -0.2) is 8.78 Å². The van der Waals surface area contributed by atoms with Crippen LogP contribution in [0.15, 0.2) is 42.5 Å². The molecule has 1 N–H and O–H groups in total. The van der Waals surface area contributed by atoms with Gasteiger partial charge in [-0.2, -0.15) is 0 Å². The number of nitrogens with one attached hydrogen (secondary N) is 1. The van der Waals surface area contributed by atoms with E-state index in [9.17, 15) is 8.78 Å². The van der Waals surface area contributed by atoms with E-state index in [0.717, 1.165) is 15.2 Å². The molecule has 0 saturated carbocycles. The zero-order valence-corrected chi connectivity index (χ0v) is 12.6. The maximum Gasteiger partial charge on any atom is 0.131 e. The summed E-state index contributed by atoms with van der Waals surface area (Å²) in [6, 6.07) is 11.2. The summed E-state index contributed by atoms with van der Waals surface area (Å²) in [5.41, 5.74) is 1.46. The third-order valence-electron chi connectivity index (χ3n) is 2.90. The molecule has 1 atom stereocenters. The van der Waals surface area contributed by atoms with Gasteiger partial charge in [0.2, 0.25) is 0 Å². The Balaban J connectivity index is 2.48. The van der Waals surface area contributed by atoms with Crippen molar-refractivity contribution in [3.63, 3.8) is 0 Å². The Hall–Kier alpha value is -1.01. The molecule has 0 spiro atoms. The summed E-state index contributed by atoms with van der Waals surface area (Å²) >= 11 is 2.22. The molecule has 19 heavy (non-hydrogen) atoms. The monoisotopic (exact) mass is 373 g/mol. The molecule has 0 aliphatic carbocycles. The van der Waals surface area contributed by atoms with Crippen LogP contribution in [-0.2, 0) is 0 Å². The third kappa shape index (κ3) is 3.30. The van der Waals surface area contributed by atoms with Crippen LogP contribution in [0.25, 0.3) is 0 Å². The van der Waals surface area contributed by atoms with Crippen LogP contribution in [0.2, 0.25) is 0 Å². The van der Waals surface area contributed by atoms with Gasteiger partial charge in [-0.1, -0.05) is 31.2 Å². The van der Waals surface area contributed by atoms with Gasteiger partial charge < -0.3 is 5.32 Å². The average Bonchev–Trinajstić information content (AvgIpc) is 2.38. The van der Waals surface area contributed by atoms with E-state index >= 15 is 0 Å². The van der Waals surface area contributed by atoms with Gasteiger partial charge in [-0.05, 0) is 46.8 Å². The van der Waals surface area contributed by atoms with Crippen LogP contribution in [0.5, 0.6) is 0 Å². The van der Waals surface area contributed by atoms with E-state index in [0.29, 0.717) is 12.1 Å². The quantitative estimate of drug-likeness (QED) is 0.790. The van der Waals surface area contributed by atoms with E-state index in [-0.39, 0.29) is 6.04 Å². The summed E-state index contributed by atoms with van der Waals surface area (Å²) in [5, 5.41) is 3.25. The molecule has 0 fully saturated rings. The van der Waals surface area contributed by atoms with Gasteiger partial charge in [0.05, 0.1) is 6.04 Å². The van der Waals surface area contributed by atoms with E-state index < -0.39 is 11.6 Å². The van der Waals surface area contributed by atoms with Crippen molar-refractivity contribution in [1.29, 1.82) is 0 Å². The molecule has 100 valence electrons. The first-order valence-electron chi connectivity index (χ1n) is 6.06. The molecule has 4 heteroatoms. The summed E-state index contributed by atoms with van der Waals surface area (Å²) in [6.45, 7) is 2.66. The van der Waals surface area contributed by atoms with E-state index in [2.05, 4.69) is 27.9 Å². The molecule has 0 aliphatic rings. The molecule has 0 amide bonds. The second-order valence-electron chi connectivity index (χ2n) is 4.18. The minimum absolute atomic E-state index is 0.265. The Kier molecular flexibility index (Phi) is 4.87. The molecule has 1 unspecified atom stereocenters. The fourth-order valence-electron chi connectivity index (χ4n) is 2.04. The summed E-state index contributed by atoms with van der Waals surface area (Å²) in [4.78, 5) is 0. The summed E-state index contributed by atoms with van der Waals surface area (Å²) in [7, 11) is 0. The van der Waals surface area contributed by atoms with Crippen LogP contribution < -0.4 is 5.32 Å². The lowest BCUT2D eigenvalue weighted by Crippen LogP contribution is -2.23. The van der Waals surface area contributed by atoms with Crippen molar-refractivity contribution < 1.29 is 8.78 Å². The van der Waals surface area contributed by atoms with Crippen LogP contribution in [0.1, 0.15) is 24.1 Å². The van der Waals surface area contributed by atoms with Gasteiger partial charge in [0.25, 0.3) is 0 Å². The van der Waals surface area contributed by atoms with Crippen molar-refractivity contribution in [2.45, 2.75) is 13.0 Å². The molecular weight excluding hydrogens is 359 g/mol. The highest BCUT2D eigenvalue weighted by Gasteiger charge is 2.19. The molecule has 0 heterocycles. The summed E-state index contributed by atoms with van der Waals surface area (Å²) in [5.74, 6) is -1.08. The summed E-state index contributed by atoms with van der Waals surface area (Å²) < 4.78 is 28.0. The number of rotatable bonds is 4. The lowest BCUT2D eigenvalue weighted by Gasteiger charge is -2.20. The minimum atomic E-state index is -0.556. The molecule has 0 aliphatic heterocycles. The Morgan fingerprint density at radius 3 is 2.47 bits per heavy atom. The van der Waals surface area contributed by atoms with Crippen molar-refractivity contribution in [2.75, 3.05) is 6.54 Å². The maximum atomic E-state index is 14.0. The Morgan fingerprint density at radius 2 is 1.84 bits per heavy atom. The van der Waals surface area contributed by atoms with Crippen molar-refractivity contribution in [3.05, 3.63) is 68.8 Å². The lowest BCUT2D eigenvalue weighted by atomic mass is 9.98. The highest BCUT2D eigenvalue weighted by molar-refractivity contribution is 14.1. The molecule has 0 saturated heterocycles. The number of hydrogen-bond donors (Lipinski definition) is 1. The van der Waals surface area contributed by atoms with Crippen molar-refractivity contribution >= 4 is 22.6 Å². The first kappa shape index (κ1) is 14.4. The topological polar surface area (TPSA) is 12.0 Å². The molecular formula is C15H14F2IN. The SMILES string of the molecule is CCNC(c1ccc(F)cc1F)c1ccccc1I. The molecule has 2 aromatic carbocycles. The van der Waals surface area contributed by atoms with Crippen LogP contribution in [0.3, 0.4) is 0 Å². The average molecular weight is 373 g/mol.